The highest BCUT2D eigenvalue weighted by molar-refractivity contribution is 5.85. The molecule has 2 bridgehead atoms. The van der Waals surface area contributed by atoms with E-state index in [9.17, 15) is 9.59 Å². The van der Waals surface area contributed by atoms with Crippen molar-refractivity contribution in [2.24, 2.45) is 5.92 Å². The topological polar surface area (TPSA) is 66.4 Å². The Kier molecular flexibility index (Phi) is 7.81. The van der Waals surface area contributed by atoms with Gasteiger partial charge in [-0.05, 0) is 36.9 Å². The van der Waals surface area contributed by atoms with Crippen LogP contribution < -0.4 is 16.2 Å². The van der Waals surface area contributed by atoms with E-state index >= 15 is 0 Å². The molecule has 3 aliphatic rings. The van der Waals surface area contributed by atoms with Gasteiger partial charge in [0.2, 0.25) is 5.91 Å². The number of nitrogens with one attached hydrogen (secondary N) is 2. The number of aromatic nitrogens is 1. The largest absolute Gasteiger partial charge is 0.351 e. The van der Waals surface area contributed by atoms with Gasteiger partial charge in [-0.1, -0.05) is 36.4 Å². The summed E-state index contributed by atoms with van der Waals surface area (Å²) in [6, 6.07) is 14.4. The standard InChI is InChI=1S/C23H28N4O2.2ClH/c28-22-15-26(14-20(25-22)9-16-4-2-1-3-5-16)13-18-6-7-21-19-8-17(10-24-11-19)12-27(21)23(18)29;;/h1-7,17,19-20,24H,8-15H2,(H,25,28);2*1H/t17-,19+,20-;;/m0../s1. The van der Waals surface area contributed by atoms with Crippen molar-refractivity contribution in [2.75, 3.05) is 26.2 Å². The number of benzene rings is 1. The molecule has 31 heavy (non-hydrogen) atoms. The van der Waals surface area contributed by atoms with Crippen molar-refractivity contribution in [3.05, 3.63) is 69.6 Å². The lowest BCUT2D eigenvalue weighted by atomic mass is 9.84. The molecule has 0 unspecified atom stereocenters. The minimum atomic E-state index is 0. The number of nitrogens with zero attached hydrogens (tertiary/aromatic N) is 2. The van der Waals surface area contributed by atoms with Crippen molar-refractivity contribution in [3.63, 3.8) is 0 Å². The lowest BCUT2D eigenvalue weighted by Crippen LogP contribution is -2.55. The molecule has 168 valence electrons. The van der Waals surface area contributed by atoms with Gasteiger partial charge in [-0.25, -0.2) is 0 Å². The van der Waals surface area contributed by atoms with Crippen LogP contribution >= 0.6 is 24.8 Å². The van der Waals surface area contributed by atoms with E-state index < -0.39 is 0 Å². The van der Waals surface area contributed by atoms with E-state index in [1.807, 2.05) is 28.8 Å². The van der Waals surface area contributed by atoms with Crippen LogP contribution in [0.2, 0.25) is 0 Å². The first kappa shape index (κ1) is 23.8. The highest BCUT2D eigenvalue weighted by Gasteiger charge is 2.32. The lowest BCUT2D eigenvalue weighted by Gasteiger charge is -2.38. The Hall–Kier alpha value is -1.86. The van der Waals surface area contributed by atoms with Gasteiger partial charge in [0.1, 0.15) is 0 Å². The molecule has 2 N–H and O–H groups in total. The number of piperazine rings is 1. The summed E-state index contributed by atoms with van der Waals surface area (Å²) in [5.41, 5.74) is 3.31. The zero-order chi connectivity index (χ0) is 19.8. The molecule has 0 saturated carbocycles. The molecule has 1 amide bonds. The van der Waals surface area contributed by atoms with Crippen LogP contribution in [0.25, 0.3) is 0 Å². The number of hydrogen-bond acceptors (Lipinski definition) is 4. The van der Waals surface area contributed by atoms with E-state index in [1.165, 1.54) is 17.7 Å². The quantitative estimate of drug-likeness (QED) is 0.725. The highest BCUT2D eigenvalue weighted by atomic mass is 35.5. The highest BCUT2D eigenvalue weighted by Crippen LogP contribution is 2.31. The molecular weight excluding hydrogens is 435 g/mol. The Morgan fingerprint density at radius 3 is 2.58 bits per heavy atom. The van der Waals surface area contributed by atoms with E-state index in [0.717, 1.165) is 38.2 Å². The summed E-state index contributed by atoms with van der Waals surface area (Å²) in [7, 11) is 0. The smallest absolute Gasteiger partial charge is 0.255 e. The number of rotatable bonds is 4. The van der Waals surface area contributed by atoms with Crippen molar-refractivity contribution >= 4 is 30.7 Å². The van der Waals surface area contributed by atoms with Gasteiger partial charge in [0, 0.05) is 49.4 Å². The third kappa shape index (κ3) is 5.14. The molecule has 0 radical (unpaired) electrons. The maximum atomic E-state index is 13.2. The lowest BCUT2D eigenvalue weighted by molar-refractivity contribution is -0.125. The van der Waals surface area contributed by atoms with Gasteiger partial charge >= 0.3 is 0 Å². The van der Waals surface area contributed by atoms with Crippen LogP contribution in [0, 0.1) is 5.92 Å². The Balaban J connectivity index is 0.00000136. The summed E-state index contributed by atoms with van der Waals surface area (Å²) in [4.78, 5) is 27.6. The summed E-state index contributed by atoms with van der Waals surface area (Å²) >= 11 is 0. The molecule has 2 aromatic rings. The Morgan fingerprint density at radius 2 is 1.77 bits per heavy atom. The minimum absolute atomic E-state index is 0. The predicted molar refractivity (Wildman–Crippen MR) is 126 cm³/mol. The molecule has 2 saturated heterocycles. The van der Waals surface area contributed by atoms with E-state index in [-0.39, 0.29) is 42.3 Å². The average Bonchev–Trinajstić information content (AvgIpc) is 2.71. The molecule has 6 nitrogen and oxygen atoms in total. The van der Waals surface area contributed by atoms with Crippen molar-refractivity contribution in [2.45, 2.75) is 37.9 Å². The Labute approximate surface area is 195 Å². The Morgan fingerprint density at radius 1 is 0.968 bits per heavy atom. The van der Waals surface area contributed by atoms with Crippen molar-refractivity contribution in [1.29, 1.82) is 0 Å². The number of carbonyl (C=O) groups excluding carboxylic acids is 1. The normalized spacial score (nSPS) is 24.9. The van der Waals surface area contributed by atoms with Crippen molar-refractivity contribution in [3.8, 4) is 0 Å². The summed E-state index contributed by atoms with van der Waals surface area (Å²) in [5.74, 6) is 1.03. The second kappa shape index (κ2) is 10.2. The summed E-state index contributed by atoms with van der Waals surface area (Å²) in [6.07, 6.45) is 1.99. The number of piperidine rings is 1. The van der Waals surface area contributed by atoms with Gasteiger partial charge in [-0.3, -0.25) is 14.5 Å². The van der Waals surface area contributed by atoms with Crippen molar-refractivity contribution in [1.82, 2.24) is 20.1 Å². The van der Waals surface area contributed by atoms with Crippen LogP contribution in [-0.2, 0) is 24.3 Å². The molecular formula is C23H30Cl2N4O2. The fraction of sp³-hybridized carbons (Fsp3) is 0.478. The van der Waals surface area contributed by atoms with Crippen LogP contribution in [0.5, 0.6) is 0 Å². The fourth-order valence-electron chi connectivity index (χ4n) is 5.23. The molecule has 4 heterocycles. The molecule has 2 fully saturated rings. The van der Waals surface area contributed by atoms with Crippen molar-refractivity contribution < 1.29 is 4.79 Å². The maximum absolute atomic E-state index is 13.2. The van der Waals surface area contributed by atoms with Gasteiger partial charge in [0.15, 0.2) is 0 Å². The first-order valence-electron chi connectivity index (χ1n) is 10.6. The number of carbonyl (C=O) groups is 1. The zero-order valence-corrected chi connectivity index (χ0v) is 19.1. The molecule has 0 spiro atoms. The average molecular weight is 465 g/mol. The third-order valence-corrected chi connectivity index (χ3v) is 6.52. The minimum Gasteiger partial charge on any atom is -0.351 e. The number of hydrogen-bond donors (Lipinski definition) is 2. The van der Waals surface area contributed by atoms with Crippen LogP contribution in [0.1, 0.15) is 29.2 Å². The van der Waals surface area contributed by atoms with Crippen LogP contribution in [0.15, 0.2) is 47.3 Å². The zero-order valence-electron chi connectivity index (χ0n) is 17.5. The third-order valence-electron chi connectivity index (χ3n) is 6.52. The number of amides is 1. The predicted octanol–water partition coefficient (Wildman–Crippen LogP) is 1.94. The second-order valence-corrected chi connectivity index (χ2v) is 8.78. The van der Waals surface area contributed by atoms with Crippen LogP contribution in [-0.4, -0.2) is 47.6 Å². The second-order valence-electron chi connectivity index (χ2n) is 8.78. The van der Waals surface area contributed by atoms with Gasteiger partial charge in [0.05, 0.1) is 6.54 Å². The SMILES string of the molecule is Cl.Cl.O=C1CN(Cc2ccc3n(c2=O)C[C@@H]2CNC[C@H]3C2)C[C@H](Cc2ccccc2)N1. The number of halogens is 2. The molecule has 8 heteroatoms. The molecule has 3 atom stereocenters. The Bertz CT molecular complexity index is 966. The van der Waals surface area contributed by atoms with Gasteiger partial charge in [-0.15, -0.1) is 24.8 Å². The first-order chi connectivity index (χ1) is 14.2. The molecule has 0 aliphatic carbocycles. The van der Waals surface area contributed by atoms with E-state index in [2.05, 4.69) is 33.7 Å². The first-order valence-corrected chi connectivity index (χ1v) is 10.6. The maximum Gasteiger partial charge on any atom is 0.255 e. The van der Waals surface area contributed by atoms with Gasteiger partial charge in [-0.2, -0.15) is 0 Å². The van der Waals surface area contributed by atoms with Crippen LogP contribution in [0.3, 0.4) is 0 Å². The molecule has 1 aromatic heterocycles. The summed E-state index contributed by atoms with van der Waals surface area (Å²) in [5, 5.41) is 6.59. The van der Waals surface area contributed by atoms with E-state index in [0.29, 0.717) is 24.9 Å². The van der Waals surface area contributed by atoms with Gasteiger partial charge in [0.25, 0.3) is 5.56 Å². The van der Waals surface area contributed by atoms with Gasteiger partial charge < -0.3 is 15.2 Å². The summed E-state index contributed by atoms with van der Waals surface area (Å²) < 4.78 is 2.00. The van der Waals surface area contributed by atoms with E-state index in [4.69, 9.17) is 0 Å². The van der Waals surface area contributed by atoms with E-state index in [1.54, 1.807) is 0 Å². The van der Waals surface area contributed by atoms with Crippen LogP contribution in [0.4, 0.5) is 0 Å². The summed E-state index contributed by atoms with van der Waals surface area (Å²) in [6.45, 7) is 4.41. The molecule has 3 aliphatic heterocycles. The fourth-order valence-corrected chi connectivity index (χ4v) is 5.23. The monoisotopic (exact) mass is 464 g/mol. The number of fused-ring (bicyclic) bond motifs is 4. The number of pyridine rings is 1. The molecule has 1 aromatic carbocycles. The molecule has 5 rings (SSSR count).